The van der Waals surface area contributed by atoms with E-state index in [1.807, 2.05) is 36.4 Å². The van der Waals surface area contributed by atoms with Crippen LogP contribution in [0, 0.1) is 0 Å². The molecular weight excluding hydrogens is 432 g/mol. The number of hydrogen-bond donors (Lipinski definition) is 0. The van der Waals surface area contributed by atoms with Crippen molar-refractivity contribution in [2.24, 2.45) is 0 Å². The molecule has 0 aliphatic heterocycles. The summed E-state index contributed by atoms with van der Waals surface area (Å²) in [5.41, 5.74) is 6.77. The minimum atomic E-state index is -0.416. The molecule has 6 nitrogen and oxygen atoms in total. The van der Waals surface area contributed by atoms with Gasteiger partial charge >= 0.3 is 11.9 Å². The largest absolute Gasteiger partial charge is 0.482 e. The van der Waals surface area contributed by atoms with Gasteiger partial charge in [0, 0.05) is 23.0 Å². The van der Waals surface area contributed by atoms with Gasteiger partial charge in [0.25, 0.3) is 0 Å². The Bertz CT molecular complexity index is 1100. The van der Waals surface area contributed by atoms with E-state index in [0.29, 0.717) is 24.7 Å². The second-order valence-corrected chi connectivity index (χ2v) is 8.20. The smallest absolute Gasteiger partial charge is 0.344 e. The summed E-state index contributed by atoms with van der Waals surface area (Å²) in [4.78, 5) is 24.0. The van der Waals surface area contributed by atoms with Gasteiger partial charge in [-0.1, -0.05) is 48.5 Å². The maximum atomic E-state index is 12.0. The van der Waals surface area contributed by atoms with E-state index < -0.39 is 11.9 Å². The molecule has 0 saturated carbocycles. The van der Waals surface area contributed by atoms with Crippen LogP contribution in [0.15, 0.2) is 60.7 Å². The van der Waals surface area contributed by atoms with E-state index in [9.17, 15) is 9.59 Å². The molecular formula is C28H26O6. The van der Waals surface area contributed by atoms with Crippen molar-refractivity contribution in [3.8, 4) is 11.5 Å². The van der Waals surface area contributed by atoms with Crippen molar-refractivity contribution in [2.75, 3.05) is 26.4 Å². The third kappa shape index (κ3) is 3.69. The Labute approximate surface area is 198 Å². The van der Waals surface area contributed by atoms with Crippen LogP contribution in [0.2, 0.25) is 0 Å². The van der Waals surface area contributed by atoms with Crippen LogP contribution in [-0.2, 0) is 19.1 Å². The average Bonchev–Trinajstić information content (AvgIpc) is 2.86. The van der Waals surface area contributed by atoms with Crippen molar-refractivity contribution >= 4 is 11.9 Å². The molecule has 0 radical (unpaired) electrons. The van der Waals surface area contributed by atoms with Crippen molar-refractivity contribution in [3.63, 3.8) is 0 Å². The van der Waals surface area contributed by atoms with Gasteiger partial charge in [-0.3, -0.25) is 0 Å². The first-order chi connectivity index (χ1) is 16.6. The zero-order valence-corrected chi connectivity index (χ0v) is 19.2. The molecule has 0 saturated heterocycles. The second kappa shape index (κ2) is 9.21. The van der Waals surface area contributed by atoms with Gasteiger partial charge in [-0.2, -0.15) is 0 Å². The van der Waals surface area contributed by atoms with Crippen molar-refractivity contribution in [2.45, 2.75) is 25.7 Å². The fourth-order valence-electron chi connectivity index (χ4n) is 5.15. The van der Waals surface area contributed by atoms with Gasteiger partial charge in [0.1, 0.15) is 11.5 Å². The fraction of sp³-hybridized carbons (Fsp3) is 0.286. The minimum absolute atomic E-state index is 0.0734. The molecule has 6 heteroatoms. The number of carbonyl (C=O) groups is 2. The highest BCUT2D eigenvalue weighted by molar-refractivity contribution is 5.75. The highest BCUT2D eigenvalue weighted by atomic mass is 16.6. The molecule has 3 aliphatic carbocycles. The minimum Gasteiger partial charge on any atom is -0.482 e. The predicted molar refractivity (Wildman–Crippen MR) is 125 cm³/mol. The molecule has 3 aromatic rings. The van der Waals surface area contributed by atoms with E-state index in [2.05, 4.69) is 24.3 Å². The standard InChI is InChI=1S/C28H26O6/c1-3-31-23(29)15-33-21-13-14-22(34-16-24(30)32-4-2)28-26-19-11-7-5-9-17(19)25(27(21)28)18-10-6-8-12-20(18)26/h5-14,25-26H,3-4,15-16H2,1-2H3. The molecule has 34 heavy (non-hydrogen) atoms. The first-order valence-electron chi connectivity index (χ1n) is 11.5. The quantitative estimate of drug-likeness (QED) is 0.318. The summed E-state index contributed by atoms with van der Waals surface area (Å²) in [6.45, 7) is 3.78. The molecule has 0 atom stereocenters. The van der Waals surface area contributed by atoms with E-state index in [1.165, 1.54) is 22.3 Å². The molecule has 3 aliphatic rings. The normalized spacial score (nSPS) is 16.6. The van der Waals surface area contributed by atoms with Crippen LogP contribution in [0.3, 0.4) is 0 Å². The Morgan fingerprint density at radius 2 is 0.971 bits per heavy atom. The van der Waals surface area contributed by atoms with Crippen molar-refractivity contribution < 1.29 is 28.5 Å². The third-order valence-electron chi connectivity index (χ3n) is 6.32. The lowest BCUT2D eigenvalue weighted by molar-refractivity contribution is -0.146. The lowest BCUT2D eigenvalue weighted by Gasteiger charge is -2.43. The van der Waals surface area contributed by atoms with Crippen LogP contribution in [-0.4, -0.2) is 38.4 Å². The van der Waals surface area contributed by atoms with Crippen molar-refractivity contribution in [1.82, 2.24) is 0 Å². The molecule has 3 aromatic carbocycles. The molecule has 0 aromatic heterocycles. The number of rotatable bonds is 8. The second-order valence-electron chi connectivity index (χ2n) is 8.20. The number of benzene rings is 3. The number of esters is 2. The lowest BCUT2D eigenvalue weighted by atomic mass is 9.60. The first kappa shape index (κ1) is 22.0. The third-order valence-corrected chi connectivity index (χ3v) is 6.32. The maximum absolute atomic E-state index is 12.0. The summed E-state index contributed by atoms with van der Waals surface area (Å²) in [6.07, 6.45) is 0. The summed E-state index contributed by atoms with van der Waals surface area (Å²) < 4.78 is 22.1. The predicted octanol–water partition coefficient (Wildman–Crippen LogP) is 4.56. The highest BCUT2D eigenvalue weighted by Gasteiger charge is 2.44. The average molecular weight is 459 g/mol. The van der Waals surface area contributed by atoms with Crippen LogP contribution in [0.25, 0.3) is 0 Å². The van der Waals surface area contributed by atoms with Gasteiger partial charge in [-0.25, -0.2) is 9.59 Å². The summed E-state index contributed by atoms with van der Waals surface area (Å²) in [5, 5.41) is 0. The van der Waals surface area contributed by atoms with Crippen LogP contribution in [0.5, 0.6) is 11.5 Å². The summed E-state index contributed by atoms with van der Waals surface area (Å²) >= 11 is 0. The molecule has 0 heterocycles. The Morgan fingerprint density at radius 3 is 1.29 bits per heavy atom. The Balaban J connectivity index is 1.63. The molecule has 174 valence electrons. The van der Waals surface area contributed by atoms with Crippen molar-refractivity contribution in [1.29, 1.82) is 0 Å². The SMILES string of the molecule is CCOC(=O)COc1ccc(OCC(=O)OCC)c2c1C1c3ccccc3C2c2ccccc21. The molecule has 6 rings (SSSR count). The molecule has 0 unspecified atom stereocenters. The molecule has 0 N–H and O–H groups in total. The zero-order chi connectivity index (χ0) is 23.7. The number of carbonyl (C=O) groups excluding carboxylic acids is 2. The molecule has 0 spiro atoms. The summed E-state index contributed by atoms with van der Waals surface area (Å²) in [7, 11) is 0. The molecule has 2 bridgehead atoms. The Morgan fingerprint density at radius 1 is 0.618 bits per heavy atom. The fourth-order valence-corrected chi connectivity index (χ4v) is 5.15. The molecule has 0 amide bonds. The van der Waals surface area contributed by atoms with Crippen LogP contribution in [0.1, 0.15) is 59.1 Å². The van der Waals surface area contributed by atoms with E-state index >= 15 is 0 Å². The highest BCUT2D eigenvalue weighted by Crippen LogP contribution is 2.59. The van der Waals surface area contributed by atoms with Crippen LogP contribution >= 0.6 is 0 Å². The van der Waals surface area contributed by atoms with Crippen LogP contribution < -0.4 is 9.47 Å². The van der Waals surface area contributed by atoms with E-state index in [0.717, 1.165) is 11.1 Å². The van der Waals surface area contributed by atoms with Gasteiger partial charge in [0.15, 0.2) is 13.2 Å². The van der Waals surface area contributed by atoms with E-state index in [4.69, 9.17) is 18.9 Å². The van der Waals surface area contributed by atoms with E-state index in [-0.39, 0.29) is 25.0 Å². The molecule has 0 fully saturated rings. The number of ether oxygens (including phenoxy) is 4. The topological polar surface area (TPSA) is 71.1 Å². The van der Waals surface area contributed by atoms with Crippen LogP contribution in [0.4, 0.5) is 0 Å². The van der Waals surface area contributed by atoms with Gasteiger partial charge in [0.2, 0.25) is 0 Å². The monoisotopic (exact) mass is 458 g/mol. The lowest BCUT2D eigenvalue weighted by Crippen LogP contribution is -2.29. The van der Waals surface area contributed by atoms with Gasteiger partial charge < -0.3 is 18.9 Å². The first-order valence-corrected chi connectivity index (χ1v) is 11.5. The summed E-state index contributed by atoms with van der Waals surface area (Å²) in [5.74, 6) is 0.254. The van der Waals surface area contributed by atoms with Gasteiger partial charge in [-0.05, 0) is 48.2 Å². The Kier molecular flexibility index (Phi) is 5.97. The van der Waals surface area contributed by atoms with E-state index in [1.54, 1.807) is 13.8 Å². The Hall–Kier alpha value is -3.80. The van der Waals surface area contributed by atoms with Gasteiger partial charge in [-0.15, -0.1) is 0 Å². The zero-order valence-electron chi connectivity index (χ0n) is 19.2. The summed E-state index contributed by atoms with van der Waals surface area (Å²) in [6, 6.07) is 20.4. The van der Waals surface area contributed by atoms with Crippen molar-refractivity contribution in [3.05, 3.63) is 94.0 Å². The number of hydrogen-bond acceptors (Lipinski definition) is 6. The van der Waals surface area contributed by atoms with Gasteiger partial charge in [0.05, 0.1) is 13.2 Å². The maximum Gasteiger partial charge on any atom is 0.344 e.